The summed E-state index contributed by atoms with van der Waals surface area (Å²) in [5.41, 5.74) is 1.16. The third-order valence-corrected chi connectivity index (χ3v) is 3.03. The zero-order valence-electron chi connectivity index (χ0n) is 13.3. The van der Waals surface area contributed by atoms with Crippen molar-refractivity contribution >= 4 is 17.2 Å². The number of benzene rings is 1. The number of carbonyl (C=O) groups is 1. The first kappa shape index (κ1) is 21.5. The molecule has 1 aromatic carbocycles. The molecule has 6 nitrogen and oxygen atoms in total. The van der Waals surface area contributed by atoms with Gasteiger partial charge in [-0.25, -0.2) is 10.1 Å². The van der Waals surface area contributed by atoms with Crippen molar-refractivity contribution in [2.24, 2.45) is 0 Å². The minimum Gasteiger partial charge on any atom is -0.685 e. The minimum absolute atomic E-state index is 0. The standard InChI is InChI=1S/C16H11N5O.CH3.Y/c1-3-20-11-6-4-10(5-7-11)14-12(8-17)15(21-16(14)22)13(9-18)19-2;;/h4-7,17H,3H2,1H3,(H,21,22);1H3;/q;-1;/p-1/b15-13-;;. The maximum Gasteiger partial charge on any atom is 0.286 e. The fourth-order valence-corrected chi connectivity index (χ4v) is 2.09. The summed E-state index contributed by atoms with van der Waals surface area (Å²) in [6.07, 6.45) is 0. The first-order chi connectivity index (χ1) is 10.7. The number of amides is 1. The smallest absolute Gasteiger partial charge is 0.286 e. The van der Waals surface area contributed by atoms with Crippen molar-refractivity contribution in [1.82, 2.24) is 5.32 Å². The second-order valence-corrected chi connectivity index (χ2v) is 4.28. The molecule has 0 saturated carbocycles. The van der Waals surface area contributed by atoms with Crippen molar-refractivity contribution < 1.29 is 37.5 Å². The predicted molar refractivity (Wildman–Crippen MR) is 86.3 cm³/mol. The molecule has 1 N–H and O–H groups in total. The van der Waals surface area contributed by atoms with E-state index >= 15 is 0 Å². The van der Waals surface area contributed by atoms with Gasteiger partial charge in [0.25, 0.3) is 11.6 Å². The summed E-state index contributed by atoms with van der Waals surface area (Å²) in [6, 6.07) is 10.5. The van der Waals surface area contributed by atoms with E-state index in [1.807, 2.05) is 13.0 Å². The number of rotatable bonds is 3. The normalized spacial score (nSPS) is 14.2. The molecule has 0 saturated heterocycles. The second kappa shape index (κ2) is 9.63. The Morgan fingerprint density at radius 2 is 1.96 bits per heavy atom. The van der Waals surface area contributed by atoms with Crippen LogP contribution in [0, 0.1) is 36.7 Å². The van der Waals surface area contributed by atoms with Crippen LogP contribution in [0.2, 0.25) is 0 Å². The summed E-state index contributed by atoms with van der Waals surface area (Å²) in [5, 5.41) is 24.9. The van der Waals surface area contributed by atoms with Crippen LogP contribution in [0.15, 0.2) is 41.2 Å². The van der Waals surface area contributed by atoms with Gasteiger partial charge in [-0.3, -0.25) is 4.79 Å². The van der Waals surface area contributed by atoms with Gasteiger partial charge in [0, 0.05) is 32.7 Å². The molecule has 0 atom stereocenters. The Hall–Kier alpha value is -2.46. The van der Waals surface area contributed by atoms with E-state index < -0.39 is 5.91 Å². The maximum absolute atomic E-state index is 12.1. The number of allylic oxidation sites excluding steroid dienone is 2. The number of carbonyl (C=O) groups excluding carboxylic acids is 1. The van der Waals surface area contributed by atoms with Gasteiger partial charge in [-0.15, -0.1) is 12.2 Å². The van der Waals surface area contributed by atoms with Gasteiger partial charge in [0.1, 0.15) is 6.07 Å². The van der Waals surface area contributed by atoms with E-state index in [4.69, 9.17) is 11.8 Å². The summed E-state index contributed by atoms with van der Waals surface area (Å²) in [4.78, 5) is 15.2. The van der Waals surface area contributed by atoms with E-state index in [-0.39, 0.29) is 62.7 Å². The Morgan fingerprint density at radius 1 is 1.33 bits per heavy atom. The summed E-state index contributed by atoms with van der Waals surface area (Å²) in [6.45, 7) is 9.51. The van der Waals surface area contributed by atoms with Crippen LogP contribution in [-0.2, 0) is 37.5 Å². The van der Waals surface area contributed by atoms with Crippen molar-refractivity contribution in [2.75, 3.05) is 6.54 Å². The molecule has 0 aliphatic carbocycles. The predicted octanol–water partition coefficient (Wildman–Crippen LogP) is 3.22. The summed E-state index contributed by atoms with van der Waals surface area (Å²) in [5.74, 6) is -0.497. The SMILES string of the molecule is [C-]#[N+]/C(C#N)=C1\NC(=O)C(c2ccc([N-]CC)cc2)=C1C#N.[CH3-].[Y]. The van der Waals surface area contributed by atoms with Crippen LogP contribution < -0.4 is 5.32 Å². The van der Waals surface area contributed by atoms with Gasteiger partial charge in [-0.1, -0.05) is 31.2 Å². The number of hydrogen-bond acceptors (Lipinski definition) is 3. The van der Waals surface area contributed by atoms with Crippen molar-refractivity contribution in [2.45, 2.75) is 6.92 Å². The van der Waals surface area contributed by atoms with E-state index in [9.17, 15) is 10.1 Å². The quantitative estimate of drug-likeness (QED) is 0.632. The summed E-state index contributed by atoms with van der Waals surface area (Å²) >= 11 is 0. The Bertz CT molecular complexity index is 801. The van der Waals surface area contributed by atoms with Crippen LogP contribution in [0.1, 0.15) is 12.5 Å². The van der Waals surface area contributed by atoms with E-state index in [1.165, 1.54) is 0 Å². The minimum atomic E-state index is -0.497. The van der Waals surface area contributed by atoms with Gasteiger partial charge < -0.3 is 18.1 Å². The van der Waals surface area contributed by atoms with Crippen molar-refractivity contribution in [1.29, 1.82) is 10.5 Å². The third-order valence-electron chi connectivity index (χ3n) is 3.03. The van der Waals surface area contributed by atoms with Crippen LogP contribution >= 0.6 is 0 Å². The molecule has 0 bridgehead atoms. The zero-order valence-corrected chi connectivity index (χ0v) is 16.1. The van der Waals surface area contributed by atoms with Crippen molar-refractivity contribution in [3.63, 3.8) is 0 Å². The Balaban J connectivity index is 0.00000264. The Morgan fingerprint density at radius 3 is 2.42 bits per heavy atom. The first-order valence-electron chi connectivity index (χ1n) is 6.42. The molecule has 1 heterocycles. The molecule has 1 amide bonds. The largest absolute Gasteiger partial charge is 0.685 e. The molecule has 0 fully saturated rings. The van der Waals surface area contributed by atoms with E-state index in [1.54, 1.807) is 30.3 Å². The van der Waals surface area contributed by atoms with Gasteiger partial charge in [0.05, 0.1) is 29.5 Å². The molecule has 24 heavy (non-hydrogen) atoms. The first-order valence-corrected chi connectivity index (χ1v) is 6.42. The molecule has 0 unspecified atom stereocenters. The Labute approximate surface area is 166 Å². The van der Waals surface area contributed by atoms with Crippen LogP contribution in [-0.4, -0.2) is 12.5 Å². The molecule has 1 aliphatic heterocycles. The van der Waals surface area contributed by atoms with Crippen LogP contribution in [0.25, 0.3) is 15.7 Å². The monoisotopic (exact) mass is 392 g/mol. The molecule has 1 aromatic rings. The number of nitrogens with one attached hydrogen (secondary N) is 1. The summed E-state index contributed by atoms with van der Waals surface area (Å²) in [7, 11) is 0. The average Bonchev–Trinajstić information content (AvgIpc) is 2.86. The molecule has 1 radical (unpaired) electrons. The number of nitriles is 2. The fourth-order valence-electron chi connectivity index (χ4n) is 2.09. The number of nitrogens with zero attached hydrogens (tertiary/aromatic N) is 4. The molecule has 1 aliphatic rings. The van der Waals surface area contributed by atoms with E-state index in [0.29, 0.717) is 12.1 Å². The molecule has 2 rings (SSSR count). The van der Waals surface area contributed by atoms with E-state index in [0.717, 1.165) is 5.69 Å². The van der Waals surface area contributed by atoms with Crippen molar-refractivity contribution in [3.8, 4) is 12.1 Å². The van der Waals surface area contributed by atoms with E-state index in [2.05, 4.69) is 15.5 Å². The molecule has 0 aromatic heterocycles. The van der Waals surface area contributed by atoms with Gasteiger partial charge in [-0.2, -0.15) is 5.26 Å². The molecule has 7 heteroatoms. The van der Waals surface area contributed by atoms with Gasteiger partial charge in [-0.05, 0) is 5.56 Å². The molecule has 117 valence electrons. The second-order valence-electron chi connectivity index (χ2n) is 4.28. The zero-order chi connectivity index (χ0) is 16.1. The molecule has 0 spiro atoms. The van der Waals surface area contributed by atoms with Crippen LogP contribution in [0.5, 0.6) is 0 Å². The topological polar surface area (TPSA) is 95.1 Å². The van der Waals surface area contributed by atoms with Crippen LogP contribution in [0.4, 0.5) is 5.69 Å². The maximum atomic E-state index is 12.1. The fraction of sp³-hybridized carbons (Fsp3) is 0.118. The average molecular weight is 392 g/mol. The van der Waals surface area contributed by atoms with Crippen molar-refractivity contribution in [3.05, 3.63) is 71.0 Å². The van der Waals surface area contributed by atoms with Crippen LogP contribution in [0.3, 0.4) is 0 Å². The molecular weight excluding hydrogens is 379 g/mol. The molecular formula is C17H13N5OY-2. The Kier molecular flexibility index (Phi) is 8.65. The summed E-state index contributed by atoms with van der Waals surface area (Å²) < 4.78 is 0. The number of hydrogen-bond donors (Lipinski definition) is 1. The van der Waals surface area contributed by atoms with Gasteiger partial charge in [0.15, 0.2) is 0 Å². The van der Waals surface area contributed by atoms with Gasteiger partial charge in [0.2, 0.25) is 0 Å². The third kappa shape index (κ3) is 4.09. The van der Waals surface area contributed by atoms with Gasteiger partial charge >= 0.3 is 0 Å².